The van der Waals surface area contributed by atoms with Crippen molar-refractivity contribution in [3.63, 3.8) is 0 Å². The first-order valence-corrected chi connectivity index (χ1v) is 5.93. The van der Waals surface area contributed by atoms with Crippen molar-refractivity contribution in [2.75, 3.05) is 31.1 Å². The Morgan fingerprint density at radius 2 is 1.92 bits per heavy atom. The summed E-state index contributed by atoms with van der Waals surface area (Å²) < 4.78 is 24.2. The molecule has 70 valence electrons. The van der Waals surface area contributed by atoms with Crippen molar-refractivity contribution >= 4 is 10.8 Å². The summed E-state index contributed by atoms with van der Waals surface area (Å²) in [7, 11) is -0.633. The van der Waals surface area contributed by atoms with E-state index in [4.69, 9.17) is 0 Å². The predicted octanol–water partition coefficient (Wildman–Crippen LogP) is 0.553. The molecule has 2 nitrogen and oxygen atoms in total. The van der Waals surface area contributed by atoms with Gasteiger partial charge in [-0.15, -0.1) is 0 Å². The van der Waals surface area contributed by atoms with Crippen molar-refractivity contribution in [1.29, 1.82) is 0 Å². The van der Waals surface area contributed by atoms with Gasteiger partial charge in [0.05, 0.1) is 0 Å². The van der Waals surface area contributed by atoms with Crippen molar-refractivity contribution in [3.05, 3.63) is 0 Å². The molecule has 0 bridgehead atoms. The SMILES string of the molecule is O=S1CCN(CC2(F)CC2)CC1. The Balaban J connectivity index is 1.78. The van der Waals surface area contributed by atoms with E-state index in [1.54, 1.807) is 0 Å². The first-order valence-electron chi connectivity index (χ1n) is 4.44. The van der Waals surface area contributed by atoms with Crippen molar-refractivity contribution in [2.24, 2.45) is 0 Å². The van der Waals surface area contributed by atoms with Gasteiger partial charge in [0.15, 0.2) is 0 Å². The van der Waals surface area contributed by atoms with Gasteiger partial charge in [0, 0.05) is 41.9 Å². The van der Waals surface area contributed by atoms with E-state index in [1.165, 1.54) is 0 Å². The van der Waals surface area contributed by atoms with E-state index in [-0.39, 0.29) is 0 Å². The molecule has 12 heavy (non-hydrogen) atoms. The van der Waals surface area contributed by atoms with Gasteiger partial charge in [0.25, 0.3) is 0 Å². The molecule has 0 amide bonds. The summed E-state index contributed by atoms with van der Waals surface area (Å²) in [6.07, 6.45) is 1.46. The lowest BCUT2D eigenvalue weighted by atomic mass is 10.3. The molecule has 0 aromatic rings. The standard InChI is InChI=1S/C8H14FNOS/c9-8(1-2-8)7-10-3-5-12(11)6-4-10/h1-7H2. The molecule has 0 radical (unpaired) electrons. The molecular formula is C8H14FNOS. The first kappa shape index (κ1) is 8.63. The maximum atomic E-state index is 13.3. The van der Waals surface area contributed by atoms with Crippen molar-refractivity contribution in [2.45, 2.75) is 18.5 Å². The van der Waals surface area contributed by atoms with Gasteiger partial charge in [-0.05, 0) is 12.8 Å². The second-order valence-electron chi connectivity index (χ2n) is 3.78. The van der Waals surface area contributed by atoms with Gasteiger partial charge in [0.2, 0.25) is 0 Å². The van der Waals surface area contributed by atoms with Crippen molar-refractivity contribution < 1.29 is 8.60 Å². The molecule has 2 fully saturated rings. The van der Waals surface area contributed by atoms with Crippen molar-refractivity contribution in [1.82, 2.24) is 4.90 Å². The molecule has 1 saturated heterocycles. The lowest BCUT2D eigenvalue weighted by Crippen LogP contribution is -2.41. The normalized spacial score (nSPS) is 30.4. The summed E-state index contributed by atoms with van der Waals surface area (Å²) in [6, 6.07) is 0. The fourth-order valence-electron chi connectivity index (χ4n) is 1.53. The van der Waals surface area contributed by atoms with Crippen LogP contribution >= 0.6 is 0 Å². The average Bonchev–Trinajstić information content (AvgIpc) is 2.74. The molecule has 0 aromatic carbocycles. The maximum absolute atomic E-state index is 13.3. The summed E-state index contributed by atoms with van der Waals surface area (Å²) in [5.74, 6) is 1.46. The van der Waals surface area contributed by atoms with Gasteiger partial charge >= 0.3 is 0 Å². The summed E-state index contributed by atoms with van der Waals surface area (Å²) in [6.45, 7) is 2.21. The largest absolute Gasteiger partial charge is 0.298 e. The third kappa shape index (κ3) is 2.04. The average molecular weight is 191 g/mol. The zero-order chi connectivity index (χ0) is 8.60. The zero-order valence-corrected chi connectivity index (χ0v) is 7.91. The Morgan fingerprint density at radius 3 is 2.42 bits per heavy atom. The third-order valence-electron chi connectivity index (χ3n) is 2.57. The second-order valence-corrected chi connectivity index (χ2v) is 5.47. The topological polar surface area (TPSA) is 20.3 Å². The number of rotatable bonds is 2. The molecule has 2 rings (SSSR count). The minimum atomic E-state index is -0.876. The van der Waals surface area contributed by atoms with Gasteiger partial charge in [0.1, 0.15) is 5.67 Å². The summed E-state index contributed by atoms with van der Waals surface area (Å²) >= 11 is 0. The fourth-order valence-corrected chi connectivity index (χ4v) is 2.66. The van der Waals surface area contributed by atoms with Gasteiger partial charge in [-0.1, -0.05) is 0 Å². The van der Waals surface area contributed by atoms with Crippen LogP contribution in [0.3, 0.4) is 0 Å². The molecule has 1 aliphatic carbocycles. The molecule has 0 spiro atoms. The highest BCUT2D eigenvalue weighted by molar-refractivity contribution is 7.85. The highest BCUT2D eigenvalue weighted by Gasteiger charge is 2.44. The minimum absolute atomic E-state index is 0.574. The van der Waals surface area contributed by atoms with Crippen LogP contribution in [0.25, 0.3) is 0 Å². The molecule has 1 aliphatic heterocycles. The van der Waals surface area contributed by atoms with Crippen LogP contribution < -0.4 is 0 Å². The second kappa shape index (κ2) is 3.07. The Morgan fingerprint density at radius 1 is 1.33 bits per heavy atom. The van der Waals surface area contributed by atoms with Crippen molar-refractivity contribution in [3.8, 4) is 0 Å². The van der Waals surface area contributed by atoms with E-state index in [2.05, 4.69) is 4.90 Å². The molecular weight excluding hydrogens is 177 g/mol. The van der Waals surface area contributed by atoms with Crippen LogP contribution in [0.1, 0.15) is 12.8 Å². The van der Waals surface area contributed by atoms with E-state index in [0.717, 1.165) is 37.4 Å². The van der Waals surface area contributed by atoms with Gasteiger partial charge in [-0.25, -0.2) is 4.39 Å². The van der Waals surface area contributed by atoms with Crippen LogP contribution in [-0.2, 0) is 10.8 Å². The Labute approximate surface area is 74.6 Å². The van der Waals surface area contributed by atoms with Crippen LogP contribution in [0.15, 0.2) is 0 Å². The van der Waals surface area contributed by atoms with E-state index in [9.17, 15) is 8.60 Å². The van der Waals surface area contributed by atoms with Crippen LogP contribution in [0.5, 0.6) is 0 Å². The number of halogens is 1. The summed E-state index contributed by atoms with van der Waals surface area (Å²) in [5, 5.41) is 0. The summed E-state index contributed by atoms with van der Waals surface area (Å²) in [4.78, 5) is 2.11. The smallest absolute Gasteiger partial charge is 0.123 e. The molecule has 2 aliphatic rings. The third-order valence-corrected chi connectivity index (χ3v) is 3.85. The number of nitrogens with zero attached hydrogens (tertiary/aromatic N) is 1. The number of hydrogen-bond acceptors (Lipinski definition) is 2. The molecule has 1 saturated carbocycles. The molecule has 4 heteroatoms. The molecule has 0 N–H and O–H groups in total. The van der Waals surface area contributed by atoms with Gasteiger partial charge in [-0.3, -0.25) is 9.11 Å². The first-order chi connectivity index (χ1) is 5.68. The maximum Gasteiger partial charge on any atom is 0.123 e. The lowest BCUT2D eigenvalue weighted by Gasteiger charge is -2.27. The predicted molar refractivity (Wildman–Crippen MR) is 47.4 cm³/mol. The number of hydrogen-bond donors (Lipinski definition) is 0. The Kier molecular flexibility index (Phi) is 2.21. The van der Waals surface area contributed by atoms with E-state index >= 15 is 0 Å². The molecule has 1 heterocycles. The fraction of sp³-hybridized carbons (Fsp3) is 1.00. The van der Waals surface area contributed by atoms with Crippen LogP contribution in [-0.4, -0.2) is 45.9 Å². The Bertz CT molecular complexity index is 195. The quantitative estimate of drug-likeness (QED) is 0.635. The molecule has 0 unspecified atom stereocenters. The minimum Gasteiger partial charge on any atom is -0.298 e. The van der Waals surface area contributed by atoms with E-state index < -0.39 is 16.5 Å². The van der Waals surface area contributed by atoms with E-state index in [1.807, 2.05) is 0 Å². The van der Waals surface area contributed by atoms with Crippen LogP contribution in [0, 0.1) is 0 Å². The van der Waals surface area contributed by atoms with Gasteiger partial charge < -0.3 is 0 Å². The summed E-state index contributed by atoms with van der Waals surface area (Å²) in [5.41, 5.74) is -0.876. The van der Waals surface area contributed by atoms with E-state index in [0.29, 0.717) is 6.54 Å². The highest BCUT2D eigenvalue weighted by atomic mass is 32.2. The lowest BCUT2D eigenvalue weighted by molar-refractivity contribution is 0.186. The molecule has 0 aromatic heterocycles. The van der Waals surface area contributed by atoms with Gasteiger partial charge in [-0.2, -0.15) is 0 Å². The zero-order valence-electron chi connectivity index (χ0n) is 7.09. The monoisotopic (exact) mass is 191 g/mol. The number of alkyl halides is 1. The molecule has 0 atom stereocenters. The highest BCUT2D eigenvalue weighted by Crippen LogP contribution is 2.40. The van der Waals surface area contributed by atoms with Crippen LogP contribution in [0.2, 0.25) is 0 Å². The van der Waals surface area contributed by atoms with Crippen LogP contribution in [0.4, 0.5) is 4.39 Å². The Hall–Kier alpha value is 0.0400.